The zero-order valence-electron chi connectivity index (χ0n) is 61.3. The van der Waals surface area contributed by atoms with Gasteiger partial charge in [0.25, 0.3) is 5.91 Å². The van der Waals surface area contributed by atoms with Gasteiger partial charge in [0.2, 0.25) is 59.1 Å². The summed E-state index contributed by atoms with van der Waals surface area (Å²) in [6, 6.07) is -12.9. The molecule has 0 bridgehead atoms. The molecule has 5 N–H and O–H groups in total. The fourth-order valence-corrected chi connectivity index (χ4v) is 12.4. The molecule has 0 unspecified atom stereocenters. The Labute approximate surface area is 561 Å². The first-order valence-corrected chi connectivity index (χ1v) is 34.3. The maximum Gasteiger partial charge on any atom is 0.256 e. The number of hydrogen-bond donors (Lipinski definition) is 5. The Morgan fingerprint density at radius 1 is 0.516 bits per heavy atom. The average molecular weight is 1340 g/mol. The van der Waals surface area contributed by atoms with Crippen molar-refractivity contribution in [2.24, 2.45) is 35.5 Å². The van der Waals surface area contributed by atoms with E-state index in [1.54, 1.807) is 68.4 Å². The van der Waals surface area contributed by atoms with Gasteiger partial charge in [-0.25, -0.2) is 0 Å². The van der Waals surface area contributed by atoms with E-state index in [2.05, 4.69) is 21.3 Å². The first-order chi connectivity index (χ1) is 43.0. The third-order valence-electron chi connectivity index (χ3n) is 17.1. The smallest absolute Gasteiger partial charge is 0.256 e. The molecule has 1 saturated heterocycles. The van der Waals surface area contributed by atoms with E-state index in [1.165, 1.54) is 92.6 Å². The van der Waals surface area contributed by atoms with E-state index < -0.39 is 161 Å². The summed E-state index contributed by atoms with van der Waals surface area (Å²) < 4.78 is 6.02. The maximum absolute atomic E-state index is 15.3. The van der Waals surface area contributed by atoms with Gasteiger partial charge in [0, 0.05) is 49.3 Å². The van der Waals surface area contributed by atoms with Crippen LogP contribution in [-0.4, -0.2) is 270 Å². The highest BCUT2D eigenvalue weighted by atomic mass is 32.2. The van der Waals surface area contributed by atoms with Gasteiger partial charge in [-0.1, -0.05) is 95.2 Å². The van der Waals surface area contributed by atoms with E-state index in [-0.39, 0.29) is 50.0 Å². The largest absolute Gasteiger partial charge is 0.390 e. The quantitative estimate of drug-likeness (QED) is 0.0810. The van der Waals surface area contributed by atoms with Crippen molar-refractivity contribution in [3.8, 4) is 0 Å². The van der Waals surface area contributed by atoms with Crippen LogP contribution in [0.4, 0.5) is 0 Å². The van der Waals surface area contributed by atoms with Crippen molar-refractivity contribution < 1.29 is 62.6 Å². The summed E-state index contributed by atoms with van der Waals surface area (Å²) in [5.41, 5.74) is 0. The van der Waals surface area contributed by atoms with Gasteiger partial charge in [-0.2, -0.15) is 0 Å². The van der Waals surface area contributed by atoms with E-state index in [1.807, 2.05) is 66.6 Å². The van der Waals surface area contributed by atoms with Crippen LogP contribution >= 0.6 is 11.8 Å². The van der Waals surface area contributed by atoms with Crippen molar-refractivity contribution in [2.45, 2.75) is 234 Å². The number of carbonyl (C=O) groups excluding carboxylic acids is 11. The number of likely N-dealkylation sites (N-methyl/N-ethyl adjacent to an activating group) is 7. The molecule has 0 aromatic rings. The molecule has 1 aliphatic rings. The minimum atomic E-state index is -1.65. The summed E-state index contributed by atoms with van der Waals surface area (Å²) in [5.74, 6) is -9.65. The maximum atomic E-state index is 15.3. The van der Waals surface area contributed by atoms with Crippen LogP contribution < -0.4 is 21.3 Å². The van der Waals surface area contributed by atoms with Crippen LogP contribution in [0.2, 0.25) is 0 Å². The van der Waals surface area contributed by atoms with Crippen LogP contribution in [0.25, 0.3) is 0 Å². The summed E-state index contributed by atoms with van der Waals surface area (Å²) in [6.45, 7) is 29.9. The molecule has 0 aromatic heterocycles. The number of amides is 11. The highest BCUT2D eigenvalue weighted by Gasteiger charge is 2.46. The molecule has 0 spiro atoms. The normalized spacial score (nSPS) is 26.5. The van der Waals surface area contributed by atoms with Crippen LogP contribution in [0.15, 0.2) is 12.2 Å². The Kier molecular flexibility index (Phi) is 36.5. The zero-order chi connectivity index (χ0) is 72.0. The van der Waals surface area contributed by atoms with Crippen LogP contribution in [0.5, 0.6) is 0 Å². The zero-order valence-corrected chi connectivity index (χ0v) is 62.1. The van der Waals surface area contributed by atoms with Crippen molar-refractivity contribution in [1.29, 1.82) is 0 Å². The Balaban J connectivity index is 4.55. The van der Waals surface area contributed by atoms with Crippen LogP contribution in [0.3, 0.4) is 0 Å². The second-order valence-electron chi connectivity index (χ2n) is 27.9. The lowest BCUT2D eigenvalue weighted by Crippen LogP contribution is -2.64. The van der Waals surface area contributed by atoms with Gasteiger partial charge in [-0.3, -0.25) is 52.7 Å². The van der Waals surface area contributed by atoms with E-state index >= 15 is 28.8 Å². The van der Waals surface area contributed by atoms with Gasteiger partial charge in [0.1, 0.15) is 60.4 Å². The van der Waals surface area contributed by atoms with Crippen molar-refractivity contribution in [1.82, 2.24) is 60.5 Å². The summed E-state index contributed by atoms with van der Waals surface area (Å²) in [5, 5.41) is 22.1. The predicted molar refractivity (Wildman–Crippen MR) is 365 cm³/mol. The number of hydrogen-bond acceptors (Lipinski definition) is 15. The number of carbonyl (C=O) groups is 11. The minimum absolute atomic E-state index is 0.0120. The molecule has 25 nitrogen and oxygen atoms in total. The third-order valence-corrected chi connectivity index (χ3v) is 18.5. The molecule has 11 amide bonds. The number of nitrogens with zero attached hydrogens (tertiary/aromatic N) is 8. The lowest BCUT2D eigenvalue weighted by Gasteiger charge is -2.41. The standard InChI is InChI=1S/C67H122N12O13S/c1-27-29-31-44(15)55(80)54-59(84)70-47(28-2)61(86)79(26)67(93-33-30-32-72(18)19)66(91)76(23)51(37-92-43(13)14)58(83)71-52(41(9)10)64(89)73(20)48(34-38(3)4)57(82)68-45(16)56(81)69-46(17)60(85)74(21)49(35-39(5)6)62(87)75(22)50(36-40(7)8)63(88)77(24)53(42(11)12)65(90)78(54)25/h27,29,38-55,67,80H,28,30-37H2,1-26H3,(H,68,82)(H,69,81)(H,70,84)(H,71,83)/b29-27+/t44-,45+,46-,47+,48+,49+,50+,51+,52+,53+,54+,55-,67-/m1/s1. The van der Waals surface area contributed by atoms with Gasteiger partial charge in [0.05, 0.1) is 18.8 Å². The molecule has 1 rings (SSSR count). The number of aliphatic hydroxyl groups is 1. The van der Waals surface area contributed by atoms with Crippen LogP contribution in [-0.2, 0) is 57.5 Å². The topological polar surface area (TPSA) is 291 Å². The molecule has 0 aliphatic carbocycles. The Bertz CT molecular complexity index is 2510. The monoisotopic (exact) mass is 1330 g/mol. The summed E-state index contributed by atoms with van der Waals surface area (Å²) in [4.78, 5) is 174. The van der Waals surface area contributed by atoms with E-state index in [4.69, 9.17) is 4.74 Å². The van der Waals surface area contributed by atoms with Crippen LogP contribution in [0.1, 0.15) is 156 Å². The number of nitrogens with one attached hydrogen (secondary N) is 4. The van der Waals surface area contributed by atoms with E-state index in [0.717, 1.165) is 16.7 Å². The lowest BCUT2D eigenvalue weighted by molar-refractivity contribution is -0.157. The molecule has 13 atom stereocenters. The molecular weight excluding hydrogens is 1210 g/mol. The summed E-state index contributed by atoms with van der Waals surface area (Å²) in [7, 11) is 13.7. The van der Waals surface area contributed by atoms with Crippen molar-refractivity contribution in [3.63, 3.8) is 0 Å². The van der Waals surface area contributed by atoms with E-state index in [9.17, 15) is 29.1 Å². The fraction of sp³-hybridized carbons (Fsp3) is 0.806. The highest BCUT2D eigenvalue weighted by Crippen LogP contribution is 2.27. The van der Waals surface area contributed by atoms with E-state index in [0.29, 0.717) is 25.1 Å². The molecule has 1 fully saturated rings. The molecular formula is C67H122N12O13S. The average Bonchev–Trinajstić information content (AvgIpc) is 0.831. The molecule has 0 aromatic carbocycles. The number of rotatable bonds is 21. The highest BCUT2D eigenvalue weighted by molar-refractivity contribution is 8.00. The number of aliphatic hydroxyl groups excluding tert-OH is 1. The lowest BCUT2D eigenvalue weighted by atomic mass is 9.91. The summed E-state index contributed by atoms with van der Waals surface area (Å²) in [6.07, 6.45) is 2.93. The van der Waals surface area contributed by atoms with Crippen LogP contribution in [0, 0.1) is 35.5 Å². The van der Waals surface area contributed by atoms with Gasteiger partial charge < -0.3 is 70.3 Å². The number of allylic oxidation sites excluding steroid dienone is 2. The molecule has 1 aliphatic heterocycles. The Hall–Kier alpha value is -5.86. The fourth-order valence-electron chi connectivity index (χ4n) is 11.2. The number of ether oxygens (including phenoxy) is 1. The predicted octanol–water partition coefficient (Wildman–Crippen LogP) is 3.66. The first kappa shape index (κ1) is 85.2. The van der Waals surface area contributed by atoms with Crippen molar-refractivity contribution >= 4 is 76.7 Å². The SMILES string of the molecule is C/C=C/C[C@@H](C)[C@@H](O)[C@H]1C(=O)N[C@@H](CC)C(=O)N(C)[C@H](SCCCN(C)C)C(=O)N(C)[C@@H](COC(C)C)C(=O)N[C@@H](C(C)C)C(=O)N(C)[C@@H](CC(C)C)C(=O)N[C@@H](C)C(=O)N[C@H](C)C(=O)N(C)[C@@H](CC(C)C)C(=O)N(C)[C@@H](CC(C)C)C(=O)N(C)[C@@H](C(C)C)C(=O)N1C. The second-order valence-corrected chi connectivity index (χ2v) is 29.1. The first-order valence-electron chi connectivity index (χ1n) is 33.3. The van der Waals surface area contributed by atoms with Crippen molar-refractivity contribution in [2.75, 3.05) is 82.3 Å². The Morgan fingerprint density at radius 3 is 1.45 bits per heavy atom. The van der Waals surface area contributed by atoms with Gasteiger partial charge >= 0.3 is 0 Å². The molecule has 93 heavy (non-hydrogen) atoms. The Morgan fingerprint density at radius 2 is 0.978 bits per heavy atom. The molecule has 1 heterocycles. The molecule has 534 valence electrons. The van der Waals surface area contributed by atoms with Gasteiger partial charge in [0.15, 0.2) is 5.37 Å². The van der Waals surface area contributed by atoms with Gasteiger partial charge in [-0.15, -0.1) is 11.8 Å². The van der Waals surface area contributed by atoms with Crippen molar-refractivity contribution in [3.05, 3.63) is 12.2 Å². The minimum Gasteiger partial charge on any atom is -0.390 e. The van der Waals surface area contributed by atoms with Gasteiger partial charge in [-0.05, 0) is 135 Å². The molecule has 0 saturated carbocycles. The third kappa shape index (κ3) is 25.0. The molecule has 26 heteroatoms. The number of thioether (sulfide) groups is 1. The summed E-state index contributed by atoms with van der Waals surface area (Å²) >= 11 is 1.15. The molecule has 0 radical (unpaired) electrons. The second kappa shape index (κ2) is 39.9.